The number of aromatic nitrogens is 2. The molecule has 0 aliphatic carbocycles. The number of carbonyl (C=O) groups is 1. The molecule has 1 N–H and O–H groups in total. The van der Waals surface area contributed by atoms with E-state index in [0.29, 0.717) is 24.5 Å². The summed E-state index contributed by atoms with van der Waals surface area (Å²) in [5, 5.41) is 9.87. The normalized spacial score (nSPS) is 10.9. The largest absolute Gasteiger partial charge is 0.489 e. The van der Waals surface area contributed by atoms with Crippen LogP contribution >= 0.6 is 0 Å². The van der Waals surface area contributed by atoms with E-state index in [2.05, 4.69) is 46.8 Å². The molecule has 5 nitrogen and oxygen atoms in total. The number of ether oxygens (including phenoxy) is 1. The summed E-state index contributed by atoms with van der Waals surface area (Å²) in [5.74, 6) is 1.18. The zero-order valence-corrected chi connectivity index (χ0v) is 19.9. The fourth-order valence-corrected chi connectivity index (χ4v) is 4.14. The molecule has 0 saturated carbocycles. The Morgan fingerprint density at radius 1 is 0.914 bits per heavy atom. The summed E-state index contributed by atoms with van der Waals surface area (Å²) in [6, 6.07) is 30.0. The molecule has 0 aliphatic heterocycles. The second-order valence-corrected chi connectivity index (χ2v) is 8.75. The summed E-state index contributed by atoms with van der Waals surface area (Å²) in [6.07, 6.45) is 1.88. The summed E-state index contributed by atoms with van der Waals surface area (Å²) >= 11 is 0. The van der Waals surface area contributed by atoms with E-state index in [9.17, 15) is 4.79 Å². The van der Waals surface area contributed by atoms with E-state index in [-0.39, 0.29) is 5.91 Å². The number of nitrogens with one attached hydrogen (secondary N) is 1. The van der Waals surface area contributed by atoms with Crippen LogP contribution in [0.4, 0.5) is 5.82 Å². The first-order valence-corrected chi connectivity index (χ1v) is 11.7. The quantitative estimate of drug-likeness (QED) is 0.300. The van der Waals surface area contributed by atoms with Gasteiger partial charge in [-0.2, -0.15) is 5.10 Å². The van der Waals surface area contributed by atoms with Gasteiger partial charge in [-0.1, -0.05) is 66.7 Å². The standard InChI is InChI=1S/C30H27N3O2/c1-21-13-14-22(2)28(17-21)35-20-23-7-5-10-25(18-23)30(34)31-29-15-16-33(32-29)19-26-11-6-9-24-8-3-4-12-27(24)26/h3-18H,19-20H2,1-2H3,(H,31,32,34). The van der Waals surface area contributed by atoms with Gasteiger partial charge in [0.15, 0.2) is 5.82 Å². The maximum atomic E-state index is 12.9. The Labute approximate surface area is 205 Å². The van der Waals surface area contributed by atoms with E-state index in [1.165, 1.54) is 16.3 Å². The number of carbonyl (C=O) groups excluding carboxylic acids is 1. The van der Waals surface area contributed by atoms with Crippen molar-refractivity contribution in [1.29, 1.82) is 0 Å². The third-order valence-electron chi connectivity index (χ3n) is 6.02. The molecule has 0 fully saturated rings. The smallest absolute Gasteiger partial charge is 0.256 e. The zero-order valence-electron chi connectivity index (χ0n) is 19.9. The Morgan fingerprint density at radius 2 is 1.74 bits per heavy atom. The lowest BCUT2D eigenvalue weighted by atomic mass is 10.0. The van der Waals surface area contributed by atoms with Crippen molar-refractivity contribution in [3.8, 4) is 5.75 Å². The summed E-state index contributed by atoms with van der Waals surface area (Å²) in [4.78, 5) is 12.9. The molecule has 5 rings (SSSR count). The van der Waals surface area contributed by atoms with Gasteiger partial charge in [-0.3, -0.25) is 9.48 Å². The van der Waals surface area contributed by atoms with Crippen LogP contribution in [-0.4, -0.2) is 15.7 Å². The van der Waals surface area contributed by atoms with Crippen LogP contribution in [0.25, 0.3) is 10.8 Å². The first kappa shape index (κ1) is 22.4. The van der Waals surface area contributed by atoms with Crippen LogP contribution in [0, 0.1) is 13.8 Å². The van der Waals surface area contributed by atoms with E-state index >= 15 is 0 Å². The molecule has 0 radical (unpaired) electrons. The molecule has 0 spiro atoms. The van der Waals surface area contributed by atoms with Crippen molar-refractivity contribution in [3.05, 3.63) is 125 Å². The molecule has 5 heteroatoms. The predicted molar refractivity (Wildman–Crippen MR) is 140 cm³/mol. The van der Waals surface area contributed by atoms with Gasteiger partial charge >= 0.3 is 0 Å². The van der Waals surface area contributed by atoms with Crippen molar-refractivity contribution in [2.24, 2.45) is 0 Å². The van der Waals surface area contributed by atoms with Crippen molar-refractivity contribution in [2.45, 2.75) is 27.0 Å². The van der Waals surface area contributed by atoms with Gasteiger partial charge in [0.05, 0.1) is 6.54 Å². The van der Waals surface area contributed by atoms with Gasteiger partial charge in [-0.15, -0.1) is 0 Å². The van der Waals surface area contributed by atoms with E-state index in [1.807, 2.05) is 73.3 Å². The molecular weight excluding hydrogens is 434 g/mol. The summed E-state index contributed by atoms with van der Waals surface area (Å²) in [7, 11) is 0. The number of hydrogen-bond donors (Lipinski definition) is 1. The van der Waals surface area contributed by atoms with Crippen LogP contribution < -0.4 is 10.1 Å². The number of anilines is 1. The summed E-state index contributed by atoms with van der Waals surface area (Å²) < 4.78 is 7.84. The van der Waals surface area contributed by atoms with Crippen molar-refractivity contribution in [3.63, 3.8) is 0 Å². The Bertz CT molecular complexity index is 1500. The third kappa shape index (κ3) is 5.25. The number of hydrogen-bond acceptors (Lipinski definition) is 3. The fourth-order valence-electron chi connectivity index (χ4n) is 4.14. The van der Waals surface area contributed by atoms with Gasteiger partial charge in [-0.25, -0.2) is 0 Å². The summed E-state index contributed by atoms with van der Waals surface area (Å²) in [6.45, 7) is 5.09. The van der Waals surface area contributed by atoms with Gasteiger partial charge in [0, 0.05) is 17.8 Å². The highest BCUT2D eigenvalue weighted by Gasteiger charge is 2.10. The molecule has 0 saturated heterocycles. The number of aryl methyl sites for hydroxylation is 2. The molecular formula is C30H27N3O2. The highest BCUT2D eigenvalue weighted by atomic mass is 16.5. The van der Waals surface area contributed by atoms with Gasteiger partial charge < -0.3 is 10.1 Å². The minimum Gasteiger partial charge on any atom is -0.489 e. The number of benzene rings is 4. The van der Waals surface area contributed by atoms with E-state index in [1.54, 1.807) is 6.07 Å². The van der Waals surface area contributed by atoms with Crippen LogP contribution in [0.5, 0.6) is 5.75 Å². The average Bonchev–Trinajstić information content (AvgIpc) is 3.31. The van der Waals surface area contributed by atoms with Crippen LogP contribution in [0.15, 0.2) is 97.2 Å². The Hall–Kier alpha value is -4.38. The van der Waals surface area contributed by atoms with Crippen molar-refractivity contribution >= 4 is 22.5 Å². The first-order valence-electron chi connectivity index (χ1n) is 11.7. The second kappa shape index (κ2) is 9.85. The fraction of sp³-hybridized carbons (Fsp3) is 0.133. The van der Waals surface area contributed by atoms with Crippen LogP contribution in [0.2, 0.25) is 0 Å². The molecule has 1 amide bonds. The molecule has 1 heterocycles. The van der Waals surface area contributed by atoms with Gasteiger partial charge in [0.1, 0.15) is 12.4 Å². The maximum absolute atomic E-state index is 12.9. The average molecular weight is 462 g/mol. The monoisotopic (exact) mass is 461 g/mol. The predicted octanol–water partition coefficient (Wildman–Crippen LogP) is 6.53. The zero-order chi connectivity index (χ0) is 24.2. The molecule has 0 atom stereocenters. The lowest BCUT2D eigenvalue weighted by molar-refractivity contribution is 0.102. The lowest BCUT2D eigenvalue weighted by Crippen LogP contribution is -2.13. The highest BCUT2D eigenvalue weighted by Crippen LogP contribution is 2.22. The number of rotatable bonds is 7. The molecule has 0 bridgehead atoms. The molecule has 4 aromatic carbocycles. The Balaban J connectivity index is 1.24. The van der Waals surface area contributed by atoms with Crippen molar-refractivity contribution in [1.82, 2.24) is 9.78 Å². The third-order valence-corrected chi connectivity index (χ3v) is 6.02. The van der Waals surface area contributed by atoms with Crippen LogP contribution in [0.1, 0.15) is 32.6 Å². The molecule has 1 aromatic heterocycles. The molecule has 174 valence electrons. The van der Waals surface area contributed by atoms with Gasteiger partial charge in [-0.05, 0) is 65.1 Å². The molecule has 0 unspecified atom stereocenters. The summed E-state index contributed by atoms with van der Waals surface area (Å²) in [5.41, 5.74) is 4.92. The maximum Gasteiger partial charge on any atom is 0.256 e. The minimum atomic E-state index is -0.200. The van der Waals surface area contributed by atoms with Crippen molar-refractivity contribution < 1.29 is 9.53 Å². The SMILES string of the molecule is Cc1ccc(C)c(OCc2cccc(C(=O)Nc3ccn(Cc4cccc5ccccc45)n3)c2)c1. The lowest BCUT2D eigenvalue weighted by Gasteiger charge is -2.11. The second-order valence-electron chi connectivity index (χ2n) is 8.75. The number of fused-ring (bicyclic) bond motifs is 1. The van der Waals surface area contributed by atoms with E-state index < -0.39 is 0 Å². The van der Waals surface area contributed by atoms with Gasteiger partial charge in [0.25, 0.3) is 5.91 Å². The van der Waals surface area contributed by atoms with Crippen molar-refractivity contribution in [2.75, 3.05) is 5.32 Å². The van der Waals surface area contributed by atoms with Crippen LogP contribution in [-0.2, 0) is 13.2 Å². The number of nitrogens with zero attached hydrogens (tertiary/aromatic N) is 2. The van der Waals surface area contributed by atoms with Crippen LogP contribution in [0.3, 0.4) is 0 Å². The van der Waals surface area contributed by atoms with Gasteiger partial charge in [0.2, 0.25) is 0 Å². The topological polar surface area (TPSA) is 56.1 Å². The molecule has 5 aromatic rings. The first-order chi connectivity index (χ1) is 17.0. The Kier molecular flexibility index (Phi) is 6.31. The Morgan fingerprint density at radius 3 is 2.66 bits per heavy atom. The van der Waals surface area contributed by atoms with E-state index in [0.717, 1.165) is 22.4 Å². The minimum absolute atomic E-state index is 0.200. The highest BCUT2D eigenvalue weighted by molar-refractivity contribution is 6.03. The molecule has 35 heavy (non-hydrogen) atoms. The number of amides is 1. The molecule has 0 aliphatic rings. The van der Waals surface area contributed by atoms with E-state index in [4.69, 9.17) is 4.74 Å².